The summed E-state index contributed by atoms with van der Waals surface area (Å²) in [5.74, 6) is 1.18. The van der Waals surface area contributed by atoms with E-state index in [1.54, 1.807) is 0 Å². The molecule has 5 heteroatoms. The van der Waals surface area contributed by atoms with Gasteiger partial charge in [-0.3, -0.25) is 0 Å². The molecule has 0 spiro atoms. The van der Waals surface area contributed by atoms with Crippen LogP contribution in [0.5, 0.6) is 0 Å². The molecule has 0 radical (unpaired) electrons. The van der Waals surface area contributed by atoms with Gasteiger partial charge in [0.25, 0.3) is 0 Å². The van der Waals surface area contributed by atoms with Crippen LogP contribution < -0.4 is 5.32 Å². The Morgan fingerprint density at radius 1 is 1.39 bits per heavy atom. The molecule has 0 saturated heterocycles. The molecule has 94 valence electrons. The van der Waals surface area contributed by atoms with E-state index in [0.29, 0.717) is 29.4 Å². The second-order valence-electron chi connectivity index (χ2n) is 4.62. The molecular formula is C13H14ClN3O. The second-order valence-corrected chi connectivity index (χ2v) is 5.05. The van der Waals surface area contributed by atoms with E-state index in [1.165, 1.54) is 12.8 Å². The maximum atomic E-state index is 5.92. The summed E-state index contributed by atoms with van der Waals surface area (Å²) in [6, 6.07) is 6.26. The number of halogens is 1. The van der Waals surface area contributed by atoms with Crippen molar-refractivity contribution < 1.29 is 4.42 Å². The van der Waals surface area contributed by atoms with Gasteiger partial charge in [0.2, 0.25) is 11.8 Å². The summed E-state index contributed by atoms with van der Waals surface area (Å²) >= 11 is 5.92. The van der Waals surface area contributed by atoms with Gasteiger partial charge in [0, 0.05) is 16.6 Å². The van der Waals surface area contributed by atoms with Gasteiger partial charge in [0.1, 0.15) is 0 Å². The quantitative estimate of drug-likeness (QED) is 0.921. The number of nitrogens with one attached hydrogen (secondary N) is 1. The maximum absolute atomic E-state index is 5.92. The van der Waals surface area contributed by atoms with Crippen LogP contribution >= 0.6 is 11.6 Å². The Kier molecular flexibility index (Phi) is 3.06. The molecule has 0 aliphatic heterocycles. The summed E-state index contributed by atoms with van der Waals surface area (Å²) in [6.07, 6.45) is 2.49. The van der Waals surface area contributed by atoms with Crippen molar-refractivity contribution in [2.45, 2.75) is 32.4 Å². The molecule has 0 atom stereocenters. The molecule has 3 rings (SSSR count). The summed E-state index contributed by atoms with van der Waals surface area (Å²) < 4.78 is 5.64. The molecule has 1 saturated carbocycles. The van der Waals surface area contributed by atoms with Gasteiger partial charge in [0.05, 0.1) is 6.54 Å². The first kappa shape index (κ1) is 11.7. The van der Waals surface area contributed by atoms with Crippen molar-refractivity contribution in [3.8, 4) is 11.5 Å². The summed E-state index contributed by atoms with van der Waals surface area (Å²) in [5, 5.41) is 12.2. The number of hydrogen-bond donors (Lipinski definition) is 1. The van der Waals surface area contributed by atoms with Gasteiger partial charge in [-0.15, -0.1) is 10.2 Å². The van der Waals surface area contributed by atoms with Gasteiger partial charge in [-0.05, 0) is 43.5 Å². The number of aromatic nitrogens is 2. The average Bonchev–Trinajstić information content (AvgIpc) is 3.05. The first-order valence-corrected chi connectivity index (χ1v) is 6.42. The van der Waals surface area contributed by atoms with Gasteiger partial charge in [-0.2, -0.15) is 0 Å². The Labute approximate surface area is 110 Å². The van der Waals surface area contributed by atoms with E-state index >= 15 is 0 Å². The van der Waals surface area contributed by atoms with Crippen LogP contribution in [0.4, 0.5) is 0 Å². The molecule has 1 aromatic carbocycles. The van der Waals surface area contributed by atoms with E-state index in [1.807, 2.05) is 25.1 Å². The molecular weight excluding hydrogens is 250 g/mol. The standard InChI is InChI=1S/C13H14ClN3O/c1-8-6-9(14)2-5-11(8)13-17-16-12(18-13)7-15-10-3-4-10/h2,5-6,10,15H,3-4,7H2,1H3. The molecule has 2 aromatic rings. The monoisotopic (exact) mass is 263 g/mol. The third-order valence-corrected chi connectivity index (χ3v) is 3.24. The Bertz CT molecular complexity index is 563. The van der Waals surface area contributed by atoms with Crippen molar-refractivity contribution in [1.82, 2.24) is 15.5 Å². The highest BCUT2D eigenvalue weighted by molar-refractivity contribution is 6.30. The summed E-state index contributed by atoms with van der Waals surface area (Å²) in [4.78, 5) is 0. The summed E-state index contributed by atoms with van der Waals surface area (Å²) in [5.41, 5.74) is 1.97. The van der Waals surface area contributed by atoms with Crippen LogP contribution in [0.15, 0.2) is 22.6 Å². The zero-order valence-corrected chi connectivity index (χ0v) is 10.9. The highest BCUT2D eigenvalue weighted by Crippen LogP contribution is 2.25. The summed E-state index contributed by atoms with van der Waals surface area (Å²) in [7, 11) is 0. The fraction of sp³-hybridized carbons (Fsp3) is 0.385. The van der Waals surface area contributed by atoms with Crippen LogP contribution in [0, 0.1) is 6.92 Å². The highest BCUT2D eigenvalue weighted by Gasteiger charge is 2.21. The minimum Gasteiger partial charge on any atom is -0.419 e. The van der Waals surface area contributed by atoms with Crippen LogP contribution in [0.2, 0.25) is 5.02 Å². The van der Waals surface area contributed by atoms with Crippen molar-refractivity contribution in [2.75, 3.05) is 0 Å². The van der Waals surface area contributed by atoms with Crippen LogP contribution in [0.3, 0.4) is 0 Å². The number of benzene rings is 1. The van der Waals surface area contributed by atoms with Crippen LogP contribution in [-0.4, -0.2) is 16.2 Å². The number of aryl methyl sites for hydroxylation is 1. The number of rotatable bonds is 4. The minimum atomic E-state index is 0.553. The largest absolute Gasteiger partial charge is 0.419 e. The van der Waals surface area contributed by atoms with E-state index < -0.39 is 0 Å². The second kappa shape index (κ2) is 4.71. The third kappa shape index (κ3) is 2.54. The molecule has 4 nitrogen and oxygen atoms in total. The zero-order chi connectivity index (χ0) is 12.5. The molecule has 1 aliphatic rings. The van der Waals surface area contributed by atoms with Crippen LogP contribution in [0.25, 0.3) is 11.5 Å². The molecule has 1 heterocycles. The van der Waals surface area contributed by atoms with Gasteiger partial charge in [-0.1, -0.05) is 11.6 Å². The Balaban J connectivity index is 1.78. The predicted octanol–water partition coefficient (Wildman–Crippen LogP) is 2.95. The molecule has 1 aromatic heterocycles. The molecule has 0 amide bonds. The Hall–Kier alpha value is -1.39. The molecule has 1 fully saturated rings. The number of nitrogens with zero attached hydrogens (tertiary/aromatic N) is 2. The first-order chi connectivity index (χ1) is 8.72. The van der Waals surface area contributed by atoms with Gasteiger partial charge in [-0.25, -0.2) is 0 Å². The minimum absolute atomic E-state index is 0.553. The third-order valence-electron chi connectivity index (χ3n) is 3.01. The lowest BCUT2D eigenvalue weighted by molar-refractivity contribution is 0.476. The van der Waals surface area contributed by atoms with Crippen molar-refractivity contribution in [3.63, 3.8) is 0 Å². The number of hydrogen-bond acceptors (Lipinski definition) is 4. The molecule has 1 N–H and O–H groups in total. The van der Waals surface area contributed by atoms with Crippen LogP contribution in [-0.2, 0) is 6.54 Å². The van der Waals surface area contributed by atoms with E-state index in [0.717, 1.165) is 11.1 Å². The Morgan fingerprint density at radius 2 is 2.22 bits per heavy atom. The van der Waals surface area contributed by atoms with E-state index in [9.17, 15) is 0 Å². The van der Waals surface area contributed by atoms with Gasteiger partial charge >= 0.3 is 0 Å². The molecule has 0 unspecified atom stereocenters. The zero-order valence-electron chi connectivity index (χ0n) is 10.1. The smallest absolute Gasteiger partial charge is 0.248 e. The molecule has 0 bridgehead atoms. The van der Waals surface area contributed by atoms with Crippen molar-refractivity contribution in [3.05, 3.63) is 34.7 Å². The van der Waals surface area contributed by atoms with Crippen molar-refractivity contribution in [2.24, 2.45) is 0 Å². The predicted molar refractivity (Wildman–Crippen MR) is 69.3 cm³/mol. The average molecular weight is 264 g/mol. The van der Waals surface area contributed by atoms with Crippen LogP contribution in [0.1, 0.15) is 24.3 Å². The molecule has 1 aliphatic carbocycles. The topological polar surface area (TPSA) is 51.0 Å². The van der Waals surface area contributed by atoms with Gasteiger partial charge in [0.15, 0.2) is 0 Å². The normalized spacial score (nSPS) is 15.0. The lowest BCUT2D eigenvalue weighted by atomic mass is 10.1. The summed E-state index contributed by atoms with van der Waals surface area (Å²) in [6.45, 7) is 2.62. The SMILES string of the molecule is Cc1cc(Cl)ccc1-c1nnc(CNC2CC2)o1. The fourth-order valence-electron chi connectivity index (χ4n) is 1.82. The van der Waals surface area contributed by atoms with E-state index in [-0.39, 0.29) is 0 Å². The first-order valence-electron chi connectivity index (χ1n) is 6.04. The highest BCUT2D eigenvalue weighted by atomic mass is 35.5. The van der Waals surface area contributed by atoms with Crippen molar-refractivity contribution >= 4 is 11.6 Å². The van der Waals surface area contributed by atoms with E-state index in [2.05, 4.69) is 15.5 Å². The Morgan fingerprint density at radius 3 is 2.94 bits per heavy atom. The maximum Gasteiger partial charge on any atom is 0.248 e. The fourth-order valence-corrected chi connectivity index (χ4v) is 2.05. The van der Waals surface area contributed by atoms with E-state index in [4.69, 9.17) is 16.0 Å². The lowest BCUT2D eigenvalue weighted by Gasteiger charge is -2.01. The van der Waals surface area contributed by atoms with Gasteiger partial charge < -0.3 is 9.73 Å². The molecule has 18 heavy (non-hydrogen) atoms. The van der Waals surface area contributed by atoms with Crippen molar-refractivity contribution in [1.29, 1.82) is 0 Å². The lowest BCUT2D eigenvalue weighted by Crippen LogP contribution is -2.15.